The SMILES string of the molecule is CCOc1ccccc1N1CC[NH+]([C@H](C)C(=O)NC(=O)NC)CC1. The zero-order chi connectivity index (χ0) is 17.5. The lowest BCUT2D eigenvalue weighted by Crippen LogP contribution is -3.19. The minimum atomic E-state index is -0.462. The summed E-state index contributed by atoms with van der Waals surface area (Å²) in [6, 6.07) is 7.31. The predicted molar refractivity (Wildman–Crippen MR) is 92.6 cm³/mol. The van der Waals surface area contributed by atoms with E-state index in [1.54, 1.807) is 0 Å². The maximum atomic E-state index is 12.1. The number of para-hydroxylation sites is 2. The molecule has 3 amide bonds. The van der Waals surface area contributed by atoms with Gasteiger partial charge in [0.05, 0.1) is 38.5 Å². The van der Waals surface area contributed by atoms with Gasteiger partial charge in [-0.05, 0) is 26.0 Å². The third-order valence-electron chi connectivity index (χ3n) is 4.38. The first kappa shape index (κ1) is 18.1. The second-order valence-corrected chi connectivity index (χ2v) is 5.84. The van der Waals surface area contributed by atoms with E-state index in [2.05, 4.69) is 21.6 Å². The molecule has 1 fully saturated rings. The van der Waals surface area contributed by atoms with Gasteiger partial charge in [0, 0.05) is 7.05 Å². The van der Waals surface area contributed by atoms with E-state index in [1.807, 2.05) is 32.0 Å². The highest BCUT2D eigenvalue weighted by molar-refractivity contribution is 5.96. The Balaban J connectivity index is 1.94. The molecule has 1 aromatic rings. The average Bonchev–Trinajstić information content (AvgIpc) is 2.62. The number of carbonyl (C=O) groups excluding carboxylic acids is 2. The van der Waals surface area contributed by atoms with Gasteiger partial charge in [-0.25, -0.2) is 4.79 Å². The fourth-order valence-electron chi connectivity index (χ4n) is 2.93. The number of nitrogens with one attached hydrogen (secondary N) is 3. The normalized spacial score (nSPS) is 16.4. The Morgan fingerprint density at radius 3 is 2.58 bits per heavy atom. The first-order valence-corrected chi connectivity index (χ1v) is 8.40. The molecule has 24 heavy (non-hydrogen) atoms. The number of anilines is 1. The third kappa shape index (κ3) is 4.38. The second kappa shape index (κ2) is 8.54. The topological polar surface area (TPSA) is 75.1 Å². The van der Waals surface area contributed by atoms with E-state index in [-0.39, 0.29) is 11.9 Å². The molecule has 1 aliphatic heterocycles. The lowest BCUT2D eigenvalue weighted by molar-refractivity contribution is -0.914. The van der Waals surface area contributed by atoms with Crippen molar-refractivity contribution in [3.63, 3.8) is 0 Å². The average molecular weight is 335 g/mol. The van der Waals surface area contributed by atoms with Gasteiger partial charge in [0.2, 0.25) is 0 Å². The second-order valence-electron chi connectivity index (χ2n) is 5.84. The Kier molecular flexibility index (Phi) is 6.43. The Hall–Kier alpha value is -2.28. The number of quaternary nitrogens is 1. The van der Waals surface area contributed by atoms with Crippen molar-refractivity contribution >= 4 is 17.6 Å². The number of nitrogens with zero attached hydrogens (tertiary/aromatic N) is 1. The highest BCUT2D eigenvalue weighted by Gasteiger charge is 2.30. The van der Waals surface area contributed by atoms with Crippen LogP contribution in [-0.2, 0) is 4.79 Å². The summed E-state index contributed by atoms with van der Waals surface area (Å²) >= 11 is 0. The summed E-state index contributed by atoms with van der Waals surface area (Å²) < 4.78 is 5.70. The van der Waals surface area contributed by atoms with Crippen molar-refractivity contribution in [3.05, 3.63) is 24.3 Å². The summed E-state index contributed by atoms with van der Waals surface area (Å²) in [6.45, 7) is 7.83. The molecule has 0 radical (unpaired) electrons. The predicted octanol–water partition coefficient (Wildman–Crippen LogP) is -0.366. The van der Waals surface area contributed by atoms with E-state index in [4.69, 9.17) is 4.74 Å². The Morgan fingerprint density at radius 2 is 1.96 bits per heavy atom. The van der Waals surface area contributed by atoms with Gasteiger partial charge >= 0.3 is 6.03 Å². The molecule has 132 valence electrons. The van der Waals surface area contributed by atoms with Crippen LogP contribution in [-0.4, -0.2) is 57.8 Å². The molecule has 0 spiro atoms. The molecule has 0 unspecified atom stereocenters. The van der Waals surface area contributed by atoms with E-state index in [0.717, 1.165) is 37.6 Å². The molecule has 0 aromatic heterocycles. The van der Waals surface area contributed by atoms with Crippen LogP contribution in [0.3, 0.4) is 0 Å². The van der Waals surface area contributed by atoms with Crippen LogP contribution < -0.4 is 25.2 Å². The number of benzene rings is 1. The van der Waals surface area contributed by atoms with Crippen molar-refractivity contribution in [2.24, 2.45) is 0 Å². The summed E-state index contributed by atoms with van der Waals surface area (Å²) in [5.41, 5.74) is 1.10. The molecule has 1 saturated heterocycles. The highest BCUT2D eigenvalue weighted by Crippen LogP contribution is 2.27. The van der Waals surface area contributed by atoms with E-state index >= 15 is 0 Å². The van der Waals surface area contributed by atoms with Gasteiger partial charge in [0.25, 0.3) is 5.91 Å². The first-order chi connectivity index (χ1) is 11.6. The molecule has 2 rings (SSSR count). The van der Waals surface area contributed by atoms with Crippen LogP contribution in [0.25, 0.3) is 0 Å². The van der Waals surface area contributed by atoms with E-state index in [9.17, 15) is 9.59 Å². The Bertz CT molecular complexity index is 571. The van der Waals surface area contributed by atoms with Gasteiger partial charge in [-0.1, -0.05) is 12.1 Å². The lowest BCUT2D eigenvalue weighted by Gasteiger charge is -2.36. The number of hydrogen-bond acceptors (Lipinski definition) is 4. The smallest absolute Gasteiger partial charge is 0.321 e. The van der Waals surface area contributed by atoms with Crippen LogP contribution >= 0.6 is 0 Å². The van der Waals surface area contributed by atoms with Crippen molar-refractivity contribution in [2.75, 3.05) is 44.7 Å². The summed E-state index contributed by atoms with van der Waals surface area (Å²) in [5, 5.41) is 4.75. The number of imide groups is 1. The third-order valence-corrected chi connectivity index (χ3v) is 4.38. The molecule has 1 heterocycles. The van der Waals surface area contributed by atoms with E-state index in [1.165, 1.54) is 11.9 Å². The number of piperazine rings is 1. The Morgan fingerprint density at radius 1 is 1.29 bits per heavy atom. The van der Waals surface area contributed by atoms with Gasteiger partial charge in [-0.3, -0.25) is 10.1 Å². The van der Waals surface area contributed by atoms with Crippen molar-refractivity contribution < 1.29 is 19.2 Å². The summed E-state index contributed by atoms with van der Waals surface area (Å²) in [6.07, 6.45) is 0. The van der Waals surface area contributed by atoms with Crippen molar-refractivity contribution in [2.45, 2.75) is 19.9 Å². The van der Waals surface area contributed by atoms with Gasteiger partial charge in [-0.2, -0.15) is 0 Å². The fraction of sp³-hybridized carbons (Fsp3) is 0.529. The molecule has 3 N–H and O–H groups in total. The molecule has 1 aromatic carbocycles. The standard InChI is InChI=1S/C17H26N4O3/c1-4-24-15-8-6-5-7-14(15)21-11-9-20(10-12-21)13(2)16(22)19-17(23)18-3/h5-8,13H,4,9-12H2,1-3H3,(H2,18,19,22,23)/p+1/t13-/m1/s1. The molecule has 7 heteroatoms. The fourth-order valence-corrected chi connectivity index (χ4v) is 2.93. The van der Waals surface area contributed by atoms with Crippen molar-refractivity contribution in [3.8, 4) is 5.75 Å². The first-order valence-electron chi connectivity index (χ1n) is 8.40. The zero-order valence-corrected chi connectivity index (χ0v) is 14.6. The number of ether oxygens (including phenoxy) is 1. The molecule has 7 nitrogen and oxygen atoms in total. The van der Waals surface area contributed by atoms with Crippen LogP contribution in [0, 0.1) is 0 Å². The minimum Gasteiger partial charge on any atom is -0.492 e. The number of rotatable bonds is 5. The number of amides is 3. The van der Waals surface area contributed by atoms with Crippen molar-refractivity contribution in [1.29, 1.82) is 0 Å². The maximum Gasteiger partial charge on any atom is 0.321 e. The summed E-state index contributed by atoms with van der Waals surface area (Å²) in [4.78, 5) is 26.8. The van der Waals surface area contributed by atoms with Crippen LogP contribution in [0.5, 0.6) is 5.75 Å². The van der Waals surface area contributed by atoms with Crippen molar-refractivity contribution in [1.82, 2.24) is 10.6 Å². The highest BCUT2D eigenvalue weighted by atomic mass is 16.5. The van der Waals surface area contributed by atoms with Gasteiger partial charge in [-0.15, -0.1) is 0 Å². The van der Waals surface area contributed by atoms with Crippen LogP contribution in [0.2, 0.25) is 0 Å². The summed E-state index contributed by atoms with van der Waals surface area (Å²) in [7, 11) is 1.49. The lowest BCUT2D eigenvalue weighted by atomic mass is 10.2. The summed E-state index contributed by atoms with van der Waals surface area (Å²) in [5.74, 6) is 0.654. The van der Waals surface area contributed by atoms with Gasteiger partial charge in [0.15, 0.2) is 6.04 Å². The largest absolute Gasteiger partial charge is 0.492 e. The quantitative estimate of drug-likeness (QED) is 0.687. The number of hydrogen-bond donors (Lipinski definition) is 3. The molecule has 0 aliphatic carbocycles. The Labute approximate surface area is 142 Å². The molecule has 1 aliphatic rings. The molecule has 1 atom stereocenters. The zero-order valence-electron chi connectivity index (χ0n) is 14.6. The maximum absolute atomic E-state index is 12.1. The molecule has 0 saturated carbocycles. The van der Waals surface area contributed by atoms with Crippen LogP contribution in [0.4, 0.5) is 10.5 Å². The molecular formula is C17H27N4O3+. The van der Waals surface area contributed by atoms with Gasteiger partial charge in [0.1, 0.15) is 5.75 Å². The van der Waals surface area contributed by atoms with Gasteiger partial charge < -0.3 is 19.9 Å². The van der Waals surface area contributed by atoms with E-state index < -0.39 is 6.03 Å². The van der Waals surface area contributed by atoms with E-state index in [0.29, 0.717) is 6.61 Å². The van der Waals surface area contributed by atoms with Crippen LogP contribution in [0.1, 0.15) is 13.8 Å². The van der Waals surface area contributed by atoms with Crippen LogP contribution in [0.15, 0.2) is 24.3 Å². The number of urea groups is 1. The minimum absolute atomic E-state index is 0.243. The molecular weight excluding hydrogens is 308 g/mol. The number of carbonyl (C=O) groups is 2. The monoisotopic (exact) mass is 335 g/mol. The molecule has 0 bridgehead atoms.